The zero-order valence-corrected chi connectivity index (χ0v) is 15.4. The normalized spacial score (nSPS) is 31.2. The Bertz CT molecular complexity index is 568. The van der Waals surface area contributed by atoms with Gasteiger partial charge in [-0.25, -0.2) is 0 Å². The lowest BCUT2D eigenvalue weighted by Crippen LogP contribution is -2.57. The van der Waals surface area contributed by atoms with E-state index in [0.29, 0.717) is 6.42 Å². The molecule has 0 spiro atoms. The highest BCUT2D eigenvalue weighted by Crippen LogP contribution is 2.27. The van der Waals surface area contributed by atoms with E-state index in [1.54, 1.807) is 13.8 Å². The Morgan fingerprint density at radius 1 is 1.27 bits per heavy atom. The van der Waals surface area contributed by atoms with E-state index in [0.717, 1.165) is 5.56 Å². The summed E-state index contributed by atoms with van der Waals surface area (Å²) in [7, 11) is 0. The van der Waals surface area contributed by atoms with E-state index in [2.05, 4.69) is 5.32 Å². The summed E-state index contributed by atoms with van der Waals surface area (Å²) in [5, 5.41) is 32.3. The molecular weight excluding hydrogens is 338 g/mol. The van der Waals surface area contributed by atoms with Crippen LogP contribution in [0, 0.1) is 5.92 Å². The van der Waals surface area contributed by atoms with Gasteiger partial charge in [0, 0.05) is 12.0 Å². The molecule has 7 nitrogen and oxygen atoms in total. The highest BCUT2D eigenvalue weighted by Gasteiger charge is 2.44. The number of carbonyl (C=O) groups excluding carboxylic acids is 1. The Morgan fingerprint density at radius 3 is 2.54 bits per heavy atom. The Labute approximate surface area is 153 Å². The van der Waals surface area contributed by atoms with E-state index >= 15 is 0 Å². The lowest BCUT2D eigenvalue weighted by molar-refractivity contribution is -0.278. The van der Waals surface area contributed by atoms with Crippen molar-refractivity contribution in [2.45, 2.75) is 63.9 Å². The molecule has 1 aromatic carbocycles. The van der Waals surface area contributed by atoms with Crippen LogP contribution in [0.15, 0.2) is 30.3 Å². The molecule has 1 fully saturated rings. The number of hydrogen-bond donors (Lipinski definition) is 4. The van der Waals surface area contributed by atoms with E-state index in [-0.39, 0.29) is 11.9 Å². The third-order valence-corrected chi connectivity index (χ3v) is 4.68. The van der Waals surface area contributed by atoms with Crippen LogP contribution in [0.2, 0.25) is 0 Å². The van der Waals surface area contributed by atoms with Crippen molar-refractivity contribution in [2.24, 2.45) is 5.92 Å². The van der Waals surface area contributed by atoms with Crippen molar-refractivity contribution in [3.8, 4) is 0 Å². The SMILES string of the molecule is CC1C(O)OC(CO)[C@@H](O)[C@@H]1O[C@@H](C)C(=O)N[C@@H](C)Cc1ccccc1. The minimum absolute atomic E-state index is 0.0798. The first kappa shape index (κ1) is 20.8. The number of rotatable bonds is 7. The lowest BCUT2D eigenvalue weighted by atomic mass is 9.92. The number of ether oxygens (including phenoxy) is 2. The summed E-state index contributed by atoms with van der Waals surface area (Å²) in [4.78, 5) is 12.4. The number of amides is 1. The molecule has 0 aromatic heterocycles. The maximum atomic E-state index is 12.4. The summed E-state index contributed by atoms with van der Waals surface area (Å²) in [5.41, 5.74) is 1.12. The second-order valence-corrected chi connectivity index (χ2v) is 6.94. The molecule has 1 aliphatic rings. The second-order valence-electron chi connectivity index (χ2n) is 6.94. The Kier molecular flexibility index (Phi) is 7.55. The van der Waals surface area contributed by atoms with Crippen molar-refractivity contribution in [3.63, 3.8) is 0 Å². The fourth-order valence-electron chi connectivity index (χ4n) is 3.10. The fourth-order valence-corrected chi connectivity index (χ4v) is 3.10. The van der Waals surface area contributed by atoms with Crippen LogP contribution in [0.5, 0.6) is 0 Å². The molecule has 0 bridgehead atoms. The first-order valence-electron chi connectivity index (χ1n) is 8.95. The van der Waals surface area contributed by atoms with Crippen LogP contribution in [0.4, 0.5) is 0 Å². The number of aliphatic hydroxyl groups excluding tert-OH is 3. The van der Waals surface area contributed by atoms with Crippen molar-refractivity contribution in [1.82, 2.24) is 5.32 Å². The van der Waals surface area contributed by atoms with Crippen LogP contribution in [0.3, 0.4) is 0 Å². The molecule has 0 aliphatic carbocycles. The monoisotopic (exact) mass is 367 g/mol. The summed E-state index contributed by atoms with van der Waals surface area (Å²) in [6, 6.07) is 9.76. The van der Waals surface area contributed by atoms with Gasteiger partial charge in [-0.1, -0.05) is 37.3 Å². The standard InChI is InChI=1S/C19H29NO6/c1-11(9-14-7-5-4-6-8-14)20-18(23)13(3)25-17-12(2)19(24)26-15(10-21)16(17)22/h4-8,11-13,15-17,19,21-22,24H,9-10H2,1-3H3,(H,20,23)/t11-,12?,13-,15?,16+,17+,19?/m0/s1. The van der Waals surface area contributed by atoms with Crippen LogP contribution >= 0.6 is 0 Å². The van der Waals surface area contributed by atoms with E-state index in [1.165, 1.54) is 0 Å². The van der Waals surface area contributed by atoms with Gasteiger partial charge < -0.3 is 30.1 Å². The van der Waals surface area contributed by atoms with Gasteiger partial charge in [-0.3, -0.25) is 4.79 Å². The van der Waals surface area contributed by atoms with Gasteiger partial charge >= 0.3 is 0 Å². The maximum Gasteiger partial charge on any atom is 0.249 e. The van der Waals surface area contributed by atoms with Gasteiger partial charge in [-0.05, 0) is 25.8 Å². The molecule has 3 unspecified atom stereocenters. The average molecular weight is 367 g/mol. The highest BCUT2D eigenvalue weighted by molar-refractivity contribution is 5.80. The van der Waals surface area contributed by atoms with Gasteiger partial charge in [0.15, 0.2) is 6.29 Å². The molecule has 1 heterocycles. The predicted octanol–water partition coefficient (Wildman–Crippen LogP) is 0.214. The summed E-state index contributed by atoms with van der Waals surface area (Å²) in [5.74, 6) is -0.834. The molecule has 4 N–H and O–H groups in total. The van der Waals surface area contributed by atoms with Gasteiger partial charge in [-0.2, -0.15) is 0 Å². The molecular formula is C19H29NO6. The number of benzene rings is 1. The molecule has 0 radical (unpaired) electrons. The lowest BCUT2D eigenvalue weighted by Gasteiger charge is -2.41. The Balaban J connectivity index is 1.90. The Morgan fingerprint density at radius 2 is 1.92 bits per heavy atom. The van der Waals surface area contributed by atoms with Crippen LogP contribution in [-0.4, -0.2) is 64.6 Å². The molecule has 1 aromatic rings. The zero-order chi connectivity index (χ0) is 19.3. The van der Waals surface area contributed by atoms with E-state index in [4.69, 9.17) is 9.47 Å². The first-order chi connectivity index (χ1) is 12.3. The number of hydrogen-bond acceptors (Lipinski definition) is 6. The van der Waals surface area contributed by atoms with Gasteiger partial charge in [0.05, 0.1) is 12.7 Å². The third kappa shape index (κ3) is 5.25. The first-order valence-corrected chi connectivity index (χ1v) is 8.95. The number of carbonyl (C=O) groups is 1. The van der Waals surface area contributed by atoms with Crippen LogP contribution in [-0.2, 0) is 20.7 Å². The predicted molar refractivity (Wildman–Crippen MR) is 95.2 cm³/mol. The van der Waals surface area contributed by atoms with Gasteiger partial charge in [0.2, 0.25) is 5.91 Å². The molecule has 146 valence electrons. The van der Waals surface area contributed by atoms with E-state index in [9.17, 15) is 20.1 Å². The third-order valence-electron chi connectivity index (χ3n) is 4.68. The molecule has 1 saturated heterocycles. The topological polar surface area (TPSA) is 108 Å². The van der Waals surface area contributed by atoms with Crippen LogP contribution in [0.25, 0.3) is 0 Å². The second kappa shape index (κ2) is 9.43. The smallest absolute Gasteiger partial charge is 0.249 e. The molecule has 7 atom stereocenters. The van der Waals surface area contributed by atoms with Crippen LogP contribution in [0.1, 0.15) is 26.3 Å². The van der Waals surface area contributed by atoms with Crippen molar-refractivity contribution >= 4 is 5.91 Å². The summed E-state index contributed by atoms with van der Waals surface area (Å²) < 4.78 is 10.9. The van der Waals surface area contributed by atoms with Crippen molar-refractivity contribution < 1.29 is 29.6 Å². The molecule has 2 rings (SSSR count). The molecule has 1 aliphatic heterocycles. The molecule has 1 amide bonds. The largest absolute Gasteiger partial charge is 0.394 e. The van der Waals surface area contributed by atoms with Gasteiger partial charge in [0.25, 0.3) is 0 Å². The van der Waals surface area contributed by atoms with Gasteiger partial charge in [0.1, 0.15) is 18.3 Å². The highest BCUT2D eigenvalue weighted by atomic mass is 16.6. The molecule has 0 saturated carbocycles. The number of nitrogens with one attached hydrogen (secondary N) is 1. The quantitative estimate of drug-likeness (QED) is 0.549. The molecule has 26 heavy (non-hydrogen) atoms. The maximum absolute atomic E-state index is 12.4. The number of aliphatic hydroxyl groups is 3. The zero-order valence-electron chi connectivity index (χ0n) is 15.4. The van der Waals surface area contributed by atoms with Gasteiger partial charge in [-0.15, -0.1) is 0 Å². The minimum Gasteiger partial charge on any atom is -0.394 e. The minimum atomic E-state index is -1.17. The fraction of sp³-hybridized carbons (Fsp3) is 0.632. The average Bonchev–Trinajstić information content (AvgIpc) is 2.62. The Hall–Kier alpha value is -1.51. The van der Waals surface area contributed by atoms with E-state index in [1.807, 2.05) is 37.3 Å². The molecule has 7 heteroatoms. The van der Waals surface area contributed by atoms with E-state index < -0.39 is 43.2 Å². The van der Waals surface area contributed by atoms with Crippen molar-refractivity contribution in [3.05, 3.63) is 35.9 Å². The summed E-state index contributed by atoms with van der Waals surface area (Å²) >= 11 is 0. The van der Waals surface area contributed by atoms with Crippen LogP contribution < -0.4 is 5.32 Å². The summed E-state index contributed by atoms with van der Waals surface area (Å²) in [6.07, 6.45) is -4.19. The van der Waals surface area contributed by atoms with Crippen molar-refractivity contribution in [2.75, 3.05) is 6.61 Å². The summed E-state index contributed by atoms with van der Waals surface area (Å²) in [6.45, 7) is 4.73. The van der Waals surface area contributed by atoms with Crippen molar-refractivity contribution in [1.29, 1.82) is 0 Å².